The number of nitrogens with one attached hydrogen (secondary N) is 2. The van der Waals surface area contributed by atoms with Gasteiger partial charge in [-0.1, -0.05) is 0 Å². The number of aryl methyl sites for hydroxylation is 2. The predicted octanol–water partition coefficient (Wildman–Crippen LogP) is 1.15. The van der Waals surface area contributed by atoms with Gasteiger partial charge in [-0.2, -0.15) is 5.10 Å². The lowest BCUT2D eigenvalue weighted by Crippen LogP contribution is -2.44. The molecule has 2 rings (SSSR count). The Morgan fingerprint density at radius 1 is 1.48 bits per heavy atom. The molecule has 0 radical (unpaired) electrons. The molecule has 7 nitrogen and oxygen atoms in total. The third-order valence-electron chi connectivity index (χ3n) is 3.50. The number of aliphatic hydroxyl groups is 1. The van der Waals surface area contributed by atoms with Crippen molar-refractivity contribution in [1.82, 2.24) is 25.4 Å². The van der Waals surface area contributed by atoms with Gasteiger partial charge in [0.05, 0.1) is 30.5 Å². The van der Waals surface area contributed by atoms with Crippen LogP contribution >= 0.6 is 11.3 Å². The van der Waals surface area contributed by atoms with Crippen molar-refractivity contribution >= 4 is 17.3 Å². The molecule has 0 fully saturated rings. The minimum absolute atomic E-state index is 0.339. The van der Waals surface area contributed by atoms with E-state index in [9.17, 15) is 5.11 Å². The van der Waals surface area contributed by atoms with E-state index in [0.717, 1.165) is 22.7 Å². The van der Waals surface area contributed by atoms with Crippen molar-refractivity contribution in [2.45, 2.75) is 32.9 Å². The van der Waals surface area contributed by atoms with E-state index in [2.05, 4.69) is 25.7 Å². The average molecular weight is 336 g/mol. The van der Waals surface area contributed by atoms with Crippen LogP contribution in [0.25, 0.3) is 0 Å². The summed E-state index contributed by atoms with van der Waals surface area (Å²) >= 11 is 1.60. The lowest BCUT2D eigenvalue weighted by molar-refractivity contribution is 0.0616. The van der Waals surface area contributed by atoms with E-state index in [4.69, 9.17) is 0 Å². The van der Waals surface area contributed by atoms with E-state index in [1.807, 2.05) is 32.6 Å². The molecule has 0 aliphatic carbocycles. The van der Waals surface area contributed by atoms with Crippen molar-refractivity contribution in [3.8, 4) is 0 Å². The van der Waals surface area contributed by atoms with Crippen LogP contribution in [0.2, 0.25) is 0 Å². The number of rotatable bonds is 6. The first kappa shape index (κ1) is 17.4. The van der Waals surface area contributed by atoms with E-state index in [1.54, 1.807) is 29.1 Å². The van der Waals surface area contributed by atoms with Crippen LogP contribution in [0, 0.1) is 6.92 Å². The van der Waals surface area contributed by atoms with Crippen molar-refractivity contribution in [3.05, 3.63) is 34.0 Å². The van der Waals surface area contributed by atoms with Gasteiger partial charge in [0.2, 0.25) is 0 Å². The predicted molar refractivity (Wildman–Crippen MR) is 92.4 cm³/mol. The lowest BCUT2D eigenvalue weighted by Gasteiger charge is -2.23. The maximum Gasteiger partial charge on any atom is 0.191 e. The second-order valence-corrected chi connectivity index (χ2v) is 6.53. The summed E-state index contributed by atoms with van der Waals surface area (Å²) in [6.07, 6.45) is 3.48. The maximum absolute atomic E-state index is 10.6. The van der Waals surface area contributed by atoms with Crippen molar-refractivity contribution in [1.29, 1.82) is 0 Å². The second kappa shape index (κ2) is 7.56. The Morgan fingerprint density at radius 3 is 2.83 bits per heavy atom. The van der Waals surface area contributed by atoms with Crippen LogP contribution in [0.5, 0.6) is 0 Å². The highest BCUT2D eigenvalue weighted by atomic mass is 32.1. The highest BCUT2D eigenvalue weighted by molar-refractivity contribution is 7.09. The highest BCUT2D eigenvalue weighted by Crippen LogP contribution is 2.18. The summed E-state index contributed by atoms with van der Waals surface area (Å²) in [4.78, 5) is 9.92. The van der Waals surface area contributed by atoms with Crippen LogP contribution in [0.15, 0.2) is 22.9 Å². The molecule has 2 heterocycles. The van der Waals surface area contributed by atoms with Crippen LogP contribution in [0.3, 0.4) is 0 Å². The molecule has 0 aliphatic rings. The largest absolute Gasteiger partial charge is 0.383 e. The molecule has 0 saturated heterocycles. The fraction of sp³-hybridized carbons (Fsp3) is 0.533. The van der Waals surface area contributed by atoms with E-state index < -0.39 is 5.60 Å². The van der Waals surface area contributed by atoms with Gasteiger partial charge >= 0.3 is 0 Å². The number of thiazole rings is 1. The minimum Gasteiger partial charge on any atom is -0.383 e. The summed E-state index contributed by atoms with van der Waals surface area (Å²) in [5, 5.41) is 21.1. The standard InChI is InChI=1S/C15H24N6OS/c1-5-16-14(17-7-13-11(2)19-10-23-13)18-9-15(3,22)12-6-20-21(4)8-12/h6,8,10,22H,5,7,9H2,1-4H3,(H2,16,17,18). The Labute approximate surface area is 140 Å². The van der Waals surface area contributed by atoms with Gasteiger partial charge in [-0.25, -0.2) is 9.98 Å². The fourth-order valence-electron chi connectivity index (χ4n) is 2.03. The molecular weight excluding hydrogens is 312 g/mol. The Hall–Kier alpha value is -1.93. The zero-order valence-electron chi connectivity index (χ0n) is 14.0. The number of aromatic nitrogens is 3. The van der Waals surface area contributed by atoms with E-state index in [1.165, 1.54) is 0 Å². The second-order valence-electron chi connectivity index (χ2n) is 5.59. The third kappa shape index (κ3) is 4.77. The van der Waals surface area contributed by atoms with E-state index in [0.29, 0.717) is 19.0 Å². The first-order valence-corrected chi connectivity index (χ1v) is 8.43. The third-order valence-corrected chi connectivity index (χ3v) is 4.42. The number of aliphatic imine (C=N–C) groups is 1. The van der Waals surface area contributed by atoms with Gasteiger partial charge in [0.25, 0.3) is 0 Å². The molecule has 1 unspecified atom stereocenters. The van der Waals surface area contributed by atoms with Crippen LogP contribution in [0.4, 0.5) is 0 Å². The quantitative estimate of drug-likeness (QED) is 0.544. The number of guanidine groups is 1. The van der Waals surface area contributed by atoms with Crippen LogP contribution in [-0.4, -0.2) is 38.9 Å². The smallest absolute Gasteiger partial charge is 0.191 e. The Morgan fingerprint density at radius 2 is 2.26 bits per heavy atom. The molecule has 2 aromatic rings. The maximum atomic E-state index is 10.6. The molecule has 0 aromatic carbocycles. The zero-order chi connectivity index (χ0) is 16.9. The Kier molecular flexibility index (Phi) is 5.73. The zero-order valence-corrected chi connectivity index (χ0v) is 14.8. The SMILES string of the molecule is CCNC(=NCc1scnc1C)NCC(C)(O)c1cnn(C)c1. The van der Waals surface area contributed by atoms with Gasteiger partial charge in [0.15, 0.2) is 5.96 Å². The molecule has 8 heteroatoms. The molecule has 0 saturated carbocycles. The summed E-state index contributed by atoms with van der Waals surface area (Å²) in [5.74, 6) is 0.671. The molecule has 2 aromatic heterocycles. The summed E-state index contributed by atoms with van der Waals surface area (Å²) in [6, 6.07) is 0. The number of nitrogens with zero attached hydrogens (tertiary/aromatic N) is 4. The number of hydrogen-bond acceptors (Lipinski definition) is 5. The summed E-state index contributed by atoms with van der Waals surface area (Å²) in [7, 11) is 1.83. The molecule has 3 N–H and O–H groups in total. The number of hydrogen-bond donors (Lipinski definition) is 3. The fourth-order valence-corrected chi connectivity index (χ4v) is 2.73. The first-order chi connectivity index (χ1) is 10.9. The van der Waals surface area contributed by atoms with Gasteiger partial charge in [0, 0.05) is 30.2 Å². The molecule has 0 bridgehead atoms. The Balaban J connectivity index is 2.00. The molecule has 0 aliphatic heterocycles. The van der Waals surface area contributed by atoms with Crippen LogP contribution in [-0.2, 0) is 19.2 Å². The Bertz CT molecular complexity index is 660. The molecule has 0 spiro atoms. The monoisotopic (exact) mass is 336 g/mol. The summed E-state index contributed by atoms with van der Waals surface area (Å²) < 4.78 is 1.68. The molecular formula is C15H24N6OS. The van der Waals surface area contributed by atoms with E-state index in [-0.39, 0.29) is 0 Å². The van der Waals surface area contributed by atoms with Gasteiger partial charge in [-0.3, -0.25) is 4.68 Å². The lowest BCUT2D eigenvalue weighted by atomic mass is 10.00. The van der Waals surface area contributed by atoms with Crippen LogP contribution < -0.4 is 10.6 Å². The van der Waals surface area contributed by atoms with Gasteiger partial charge in [-0.05, 0) is 20.8 Å². The van der Waals surface area contributed by atoms with Gasteiger partial charge in [-0.15, -0.1) is 11.3 Å². The van der Waals surface area contributed by atoms with Crippen molar-refractivity contribution in [2.24, 2.45) is 12.0 Å². The molecule has 126 valence electrons. The molecule has 0 amide bonds. The normalized spacial score (nSPS) is 14.6. The highest BCUT2D eigenvalue weighted by Gasteiger charge is 2.24. The van der Waals surface area contributed by atoms with Crippen molar-refractivity contribution in [3.63, 3.8) is 0 Å². The van der Waals surface area contributed by atoms with Gasteiger partial charge < -0.3 is 15.7 Å². The van der Waals surface area contributed by atoms with E-state index >= 15 is 0 Å². The summed E-state index contributed by atoms with van der Waals surface area (Å²) in [6.45, 7) is 7.41. The average Bonchev–Trinajstić information content (AvgIpc) is 3.11. The van der Waals surface area contributed by atoms with Gasteiger partial charge in [0.1, 0.15) is 5.60 Å². The summed E-state index contributed by atoms with van der Waals surface area (Å²) in [5.41, 5.74) is 2.58. The minimum atomic E-state index is -1.02. The molecule has 1 atom stereocenters. The topological polar surface area (TPSA) is 87.4 Å². The van der Waals surface area contributed by atoms with Crippen molar-refractivity contribution in [2.75, 3.05) is 13.1 Å². The molecule has 23 heavy (non-hydrogen) atoms. The first-order valence-electron chi connectivity index (χ1n) is 7.55. The van der Waals surface area contributed by atoms with Crippen LogP contribution in [0.1, 0.15) is 30.0 Å². The van der Waals surface area contributed by atoms with Crippen molar-refractivity contribution < 1.29 is 5.11 Å².